The van der Waals surface area contributed by atoms with Crippen LogP contribution in [0.1, 0.15) is 13.8 Å². The fourth-order valence-corrected chi connectivity index (χ4v) is 2.03. The molecule has 0 spiro atoms. The molecule has 1 N–H and O–H groups in total. The van der Waals surface area contributed by atoms with Gasteiger partial charge in [0, 0.05) is 39.1 Å². The minimum atomic E-state index is 0.329. The van der Waals surface area contributed by atoms with Gasteiger partial charge in [-0.25, -0.2) is 9.97 Å². The minimum absolute atomic E-state index is 0.329. The van der Waals surface area contributed by atoms with Crippen LogP contribution >= 0.6 is 0 Å². The van der Waals surface area contributed by atoms with E-state index < -0.39 is 0 Å². The summed E-state index contributed by atoms with van der Waals surface area (Å²) >= 11 is 0. The number of nitrogens with one attached hydrogen (secondary N) is 1. The molecule has 2 aromatic heterocycles. The number of ether oxygens (including phenoxy) is 1. The molecule has 0 aliphatic rings. The number of hydrogen-bond donors (Lipinski definition) is 1. The van der Waals surface area contributed by atoms with Gasteiger partial charge in [0.2, 0.25) is 0 Å². The Kier molecular flexibility index (Phi) is 4.21. The summed E-state index contributed by atoms with van der Waals surface area (Å²) in [5, 5.41) is 3.08. The molecule has 0 saturated carbocycles. The molecule has 2 rings (SSSR count). The number of fused-ring (bicyclic) bond motifs is 1. The third kappa shape index (κ3) is 2.78. The molecule has 0 aromatic carbocycles. The quantitative estimate of drug-likeness (QED) is 0.858. The second-order valence-electron chi connectivity index (χ2n) is 4.64. The highest BCUT2D eigenvalue weighted by Gasteiger charge is 2.17. The van der Waals surface area contributed by atoms with Crippen LogP contribution in [0, 0.1) is 0 Å². The largest absolute Gasteiger partial charge is 0.383 e. The minimum Gasteiger partial charge on any atom is -0.383 e. The van der Waals surface area contributed by atoms with Crippen LogP contribution in [0.15, 0.2) is 18.6 Å². The summed E-state index contributed by atoms with van der Waals surface area (Å²) in [5.74, 6) is 1.70. The molecule has 2 heterocycles. The van der Waals surface area contributed by atoms with Crippen molar-refractivity contribution in [3.63, 3.8) is 0 Å². The lowest BCUT2D eigenvalue weighted by Gasteiger charge is -2.28. The zero-order valence-electron chi connectivity index (χ0n) is 11.9. The van der Waals surface area contributed by atoms with Gasteiger partial charge in [0.05, 0.1) is 12.8 Å². The number of imidazole rings is 1. The van der Waals surface area contributed by atoms with Gasteiger partial charge in [-0.05, 0) is 13.8 Å². The van der Waals surface area contributed by atoms with E-state index in [4.69, 9.17) is 4.74 Å². The van der Waals surface area contributed by atoms with Crippen LogP contribution in [0.4, 0.5) is 11.6 Å². The molecule has 0 aliphatic heterocycles. The number of nitrogens with zero attached hydrogens (tertiary/aromatic N) is 4. The standard InChI is InChI=1S/C13H21N5O/c1-10(2)18(7-8-19-4)13-12-15-5-6-17(12)9-11(14-3)16-13/h5-6,9-10,14H,7-8H2,1-4H3. The van der Waals surface area contributed by atoms with Crippen LogP contribution < -0.4 is 10.2 Å². The first kappa shape index (κ1) is 13.6. The molecular weight excluding hydrogens is 242 g/mol. The molecule has 2 aromatic rings. The smallest absolute Gasteiger partial charge is 0.180 e. The van der Waals surface area contributed by atoms with Crippen molar-refractivity contribution in [3.8, 4) is 0 Å². The Morgan fingerprint density at radius 1 is 1.47 bits per heavy atom. The van der Waals surface area contributed by atoms with Gasteiger partial charge >= 0.3 is 0 Å². The van der Waals surface area contributed by atoms with E-state index in [0.29, 0.717) is 12.6 Å². The highest BCUT2D eigenvalue weighted by Crippen LogP contribution is 2.22. The maximum Gasteiger partial charge on any atom is 0.180 e. The van der Waals surface area contributed by atoms with Gasteiger partial charge < -0.3 is 19.4 Å². The zero-order chi connectivity index (χ0) is 13.8. The first-order valence-electron chi connectivity index (χ1n) is 6.44. The van der Waals surface area contributed by atoms with Gasteiger partial charge in [-0.3, -0.25) is 0 Å². The van der Waals surface area contributed by atoms with Gasteiger partial charge in [0.15, 0.2) is 11.5 Å². The van der Waals surface area contributed by atoms with E-state index in [1.54, 1.807) is 13.3 Å². The van der Waals surface area contributed by atoms with E-state index in [9.17, 15) is 0 Å². The lowest BCUT2D eigenvalue weighted by molar-refractivity contribution is 0.203. The summed E-state index contributed by atoms with van der Waals surface area (Å²) in [4.78, 5) is 11.2. The molecular formula is C13H21N5O. The maximum absolute atomic E-state index is 5.18. The summed E-state index contributed by atoms with van der Waals surface area (Å²) in [5.41, 5.74) is 0.865. The van der Waals surface area contributed by atoms with Gasteiger partial charge in [-0.15, -0.1) is 0 Å². The summed E-state index contributed by atoms with van der Waals surface area (Å²) in [7, 11) is 3.57. The Morgan fingerprint density at radius 3 is 2.89 bits per heavy atom. The maximum atomic E-state index is 5.18. The molecule has 0 saturated heterocycles. The topological polar surface area (TPSA) is 54.7 Å². The molecule has 6 heteroatoms. The number of aromatic nitrogens is 3. The molecule has 0 amide bonds. The van der Waals surface area contributed by atoms with Gasteiger partial charge in [0.25, 0.3) is 0 Å². The average Bonchev–Trinajstić information content (AvgIpc) is 2.86. The second-order valence-corrected chi connectivity index (χ2v) is 4.64. The Labute approximate surface area is 113 Å². The summed E-state index contributed by atoms with van der Waals surface area (Å²) in [6, 6.07) is 0.329. The summed E-state index contributed by atoms with van der Waals surface area (Å²) < 4.78 is 7.16. The molecule has 6 nitrogen and oxygen atoms in total. The van der Waals surface area contributed by atoms with E-state index in [1.807, 2.05) is 23.8 Å². The van der Waals surface area contributed by atoms with Crippen LogP contribution in [-0.4, -0.2) is 47.7 Å². The van der Waals surface area contributed by atoms with Gasteiger partial charge in [-0.2, -0.15) is 0 Å². The van der Waals surface area contributed by atoms with Crippen molar-refractivity contribution in [2.24, 2.45) is 0 Å². The lowest BCUT2D eigenvalue weighted by Crippen LogP contribution is -2.35. The Morgan fingerprint density at radius 2 is 2.26 bits per heavy atom. The lowest BCUT2D eigenvalue weighted by atomic mass is 10.3. The Bertz CT molecular complexity index is 537. The van der Waals surface area contributed by atoms with Crippen molar-refractivity contribution in [3.05, 3.63) is 18.6 Å². The number of methoxy groups -OCH3 is 1. The van der Waals surface area contributed by atoms with E-state index in [1.165, 1.54) is 0 Å². The first-order valence-corrected chi connectivity index (χ1v) is 6.44. The Balaban J connectivity index is 2.47. The van der Waals surface area contributed by atoms with Crippen molar-refractivity contribution in [2.45, 2.75) is 19.9 Å². The average molecular weight is 263 g/mol. The summed E-state index contributed by atoms with van der Waals surface area (Å²) in [6.45, 7) is 5.74. The SMILES string of the molecule is CNc1cn2ccnc2c(N(CCOC)C(C)C)n1. The van der Waals surface area contributed by atoms with E-state index in [0.717, 1.165) is 23.8 Å². The van der Waals surface area contributed by atoms with E-state index in [-0.39, 0.29) is 0 Å². The molecule has 0 bridgehead atoms. The number of hydrogen-bond acceptors (Lipinski definition) is 5. The molecule has 0 radical (unpaired) electrons. The van der Waals surface area contributed by atoms with Crippen molar-refractivity contribution in [1.82, 2.24) is 14.4 Å². The highest BCUT2D eigenvalue weighted by molar-refractivity contribution is 5.67. The molecule has 0 fully saturated rings. The van der Waals surface area contributed by atoms with Crippen LogP contribution in [-0.2, 0) is 4.74 Å². The third-order valence-electron chi connectivity index (χ3n) is 3.04. The van der Waals surface area contributed by atoms with Crippen LogP contribution in [0.3, 0.4) is 0 Å². The molecule has 0 aliphatic carbocycles. The molecule has 19 heavy (non-hydrogen) atoms. The van der Waals surface area contributed by atoms with E-state index >= 15 is 0 Å². The second kappa shape index (κ2) is 5.88. The fourth-order valence-electron chi connectivity index (χ4n) is 2.03. The third-order valence-corrected chi connectivity index (χ3v) is 3.04. The molecule has 104 valence electrons. The predicted octanol–water partition coefficient (Wildman–Crippen LogP) is 1.63. The van der Waals surface area contributed by atoms with Crippen molar-refractivity contribution in [2.75, 3.05) is 37.5 Å². The summed E-state index contributed by atoms with van der Waals surface area (Å²) in [6.07, 6.45) is 5.64. The predicted molar refractivity (Wildman–Crippen MR) is 76.9 cm³/mol. The number of anilines is 2. The van der Waals surface area contributed by atoms with Gasteiger partial charge in [-0.1, -0.05) is 0 Å². The normalized spacial score (nSPS) is 11.2. The van der Waals surface area contributed by atoms with Crippen LogP contribution in [0.5, 0.6) is 0 Å². The Hall–Kier alpha value is -1.82. The molecule has 0 unspecified atom stereocenters. The van der Waals surface area contributed by atoms with E-state index in [2.05, 4.69) is 34.0 Å². The van der Waals surface area contributed by atoms with Crippen molar-refractivity contribution >= 4 is 17.3 Å². The first-order chi connectivity index (χ1) is 9.17. The fraction of sp³-hybridized carbons (Fsp3) is 0.538. The van der Waals surface area contributed by atoms with Gasteiger partial charge in [0.1, 0.15) is 5.82 Å². The van der Waals surface area contributed by atoms with Crippen LogP contribution in [0.2, 0.25) is 0 Å². The van der Waals surface area contributed by atoms with Crippen molar-refractivity contribution in [1.29, 1.82) is 0 Å². The van der Waals surface area contributed by atoms with Crippen molar-refractivity contribution < 1.29 is 4.74 Å². The molecule has 0 atom stereocenters. The monoisotopic (exact) mass is 263 g/mol. The van der Waals surface area contributed by atoms with Crippen LogP contribution in [0.25, 0.3) is 5.65 Å². The highest BCUT2D eigenvalue weighted by atomic mass is 16.5. The number of rotatable bonds is 6. The zero-order valence-corrected chi connectivity index (χ0v) is 11.9.